The fourth-order valence-corrected chi connectivity index (χ4v) is 2.52. The van der Waals surface area contributed by atoms with Gasteiger partial charge in [-0.3, -0.25) is 4.98 Å². The van der Waals surface area contributed by atoms with Crippen molar-refractivity contribution in [3.05, 3.63) is 78.0 Å². The first kappa shape index (κ1) is 12.8. The van der Waals surface area contributed by atoms with Crippen molar-refractivity contribution in [1.82, 2.24) is 4.98 Å². The van der Waals surface area contributed by atoms with Crippen molar-refractivity contribution < 1.29 is 0 Å². The van der Waals surface area contributed by atoms with Crippen LogP contribution in [-0.4, -0.2) is 4.98 Å². The lowest BCUT2D eigenvalue weighted by atomic mass is 9.89. The van der Waals surface area contributed by atoms with Gasteiger partial charge in [0.2, 0.25) is 0 Å². The van der Waals surface area contributed by atoms with Crippen LogP contribution in [0.1, 0.15) is 30.0 Å². The minimum atomic E-state index is -0.0468. The van der Waals surface area contributed by atoms with Gasteiger partial charge < -0.3 is 5.73 Å². The number of nitrogens with two attached hydrogens (primary N) is 1. The first-order valence-electron chi connectivity index (χ1n) is 6.91. The largest absolute Gasteiger partial charge is 0.323 e. The molecule has 0 aliphatic carbocycles. The van der Waals surface area contributed by atoms with Crippen molar-refractivity contribution in [3.63, 3.8) is 0 Å². The molecule has 0 fully saturated rings. The lowest BCUT2D eigenvalue weighted by Gasteiger charge is -2.20. The number of pyridine rings is 1. The molecule has 0 aliphatic rings. The molecule has 2 nitrogen and oxygen atoms in total. The fraction of sp³-hybridized carbons (Fsp3) is 0.167. The molecule has 2 N–H and O–H groups in total. The highest BCUT2D eigenvalue weighted by atomic mass is 14.7. The number of hydrogen-bond donors (Lipinski definition) is 1. The van der Waals surface area contributed by atoms with Crippen LogP contribution in [0.5, 0.6) is 0 Å². The predicted molar refractivity (Wildman–Crippen MR) is 83.5 cm³/mol. The van der Waals surface area contributed by atoms with Crippen molar-refractivity contribution in [2.45, 2.75) is 18.9 Å². The van der Waals surface area contributed by atoms with Crippen molar-refractivity contribution in [2.75, 3.05) is 0 Å². The van der Waals surface area contributed by atoms with E-state index in [4.69, 9.17) is 5.73 Å². The Morgan fingerprint density at radius 2 is 1.60 bits per heavy atom. The van der Waals surface area contributed by atoms with Crippen molar-refractivity contribution in [3.8, 4) is 0 Å². The maximum atomic E-state index is 6.42. The normalized spacial score (nSPS) is 14.1. The van der Waals surface area contributed by atoms with Gasteiger partial charge in [0.05, 0.1) is 5.52 Å². The van der Waals surface area contributed by atoms with Crippen LogP contribution in [0.3, 0.4) is 0 Å². The second-order valence-corrected chi connectivity index (χ2v) is 5.19. The molecule has 0 saturated heterocycles. The summed E-state index contributed by atoms with van der Waals surface area (Å²) in [5.74, 6) is 0.263. The van der Waals surface area contributed by atoms with Crippen LogP contribution in [0.25, 0.3) is 10.9 Å². The van der Waals surface area contributed by atoms with Gasteiger partial charge >= 0.3 is 0 Å². The Morgan fingerprint density at radius 1 is 0.900 bits per heavy atom. The zero-order valence-corrected chi connectivity index (χ0v) is 11.5. The molecule has 0 spiro atoms. The summed E-state index contributed by atoms with van der Waals surface area (Å²) in [7, 11) is 0. The average molecular weight is 262 g/mol. The van der Waals surface area contributed by atoms with Crippen LogP contribution in [-0.2, 0) is 0 Å². The van der Waals surface area contributed by atoms with Crippen LogP contribution in [0.15, 0.2) is 66.9 Å². The van der Waals surface area contributed by atoms with E-state index in [0.717, 1.165) is 16.5 Å². The summed E-state index contributed by atoms with van der Waals surface area (Å²) in [5, 5.41) is 1.14. The minimum absolute atomic E-state index is 0.0468. The van der Waals surface area contributed by atoms with E-state index in [-0.39, 0.29) is 12.0 Å². The molecule has 0 saturated carbocycles. The van der Waals surface area contributed by atoms with Crippen LogP contribution in [0.2, 0.25) is 0 Å². The average Bonchev–Trinajstić information content (AvgIpc) is 2.54. The third-order valence-corrected chi connectivity index (χ3v) is 3.86. The summed E-state index contributed by atoms with van der Waals surface area (Å²) in [6.45, 7) is 2.16. The standard InChI is InChI=1S/C18H18N2/c1-13(14-7-3-2-4-8-14)18(19)16-11-15-9-5-6-10-17(15)20-12-16/h2-13,18H,19H2,1H3. The lowest BCUT2D eigenvalue weighted by Crippen LogP contribution is -2.17. The van der Waals surface area contributed by atoms with E-state index in [1.165, 1.54) is 5.56 Å². The van der Waals surface area contributed by atoms with E-state index in [2.05, 4.69) is 48.3 Å². The number of benzene rings is 2. The summed E-state index contributed by atoms with van der Waals surface area (Å²) in [6.07, 6.45) is 1.90. The molecule has 2 aromatic carbocycles. The van der Waals surface area contributed by atoms with Crippen molar-refractivity contribution in [2.24, 2.45) is 5.73 Å². The van der Waals surface area contributed by atoms with E-state index in [1.54, 1.807) is 0 Å². The smallest absolute Gasteiger partial charge is 0.0702 e. The van der Waals surface area contributed by atoms with Crippen LogP contribution < -0.4 is 5.73 Å². The third kappa shape index (κ3) is 2.43. The molecule has 2 atom stereocenters. The predicted octanol–water partition coefficient (Wildman–Crippen LogP) is 4.04. The Kier molecular flexibility index (Phi) is 3.48. The summed E-state index contributed by atoms with van der Waals surface area (Å²) in [5.41, 5.74) is 9.77. The molecule has 1 aromatic heterocycles. The van der Waals surface area contributed by atoms with Crippen molar-refractivity contribution >= 4 is 10.9 Å². The topological polar surface area (TPSA) is 38.9 Å². The second kappa shape index (κ2) is 5.43. The number of fused-ring (bicyclic) bond motifs is 1. The molecule has 20 heavy (non-hydrogen) atoms. The highest BCUT2D eigenvalue weighted by Gasteiger charge is 2.17. The number of nitrogens with zero attached hydrogens (tertiary/aromatic N) is 1. The van der Waals surface area contributed by atoms with Gasteiger partial charge in [-0.05, 0) is 23.3 Å². The van der Waals surface area contributed by atoms with E-state index < -0.39 is 0 Å². The van der Waals surface area contributed by atoms with Gasteiger partial charge in [0.1, 0.15) is 0 Å². The number of rotatable bonds is 3. The van der Waals surface area contributed by atoms with E-state index in [9.17, 15) is 0 Å². The van der Waals surface area contributed by atoms with Gasteiger partial charge in [-0.2, -0.15) is 0 Å². The Balaban J connectivity index is 1.94. The monoisotopic (exact) mass is 262 g/mol. The molecular formula is C18H18N2. The van der Waals surface area contributed by atoms with Crippen LogP contribution in [0, 0.1) is 0 Å². The number of aromatic nitrogens is 1. The van der Waals surface area contributed by atoms with Gasteiger partial charge in [0.15, 0.2) is 0 Å². The van der Waals surface area contributed by atoms with Gasteiger partial charge in [-0.25, -0.2) is 0 Å². The Bertz CT molecular complexity index is 707. The molecule has 1 heterocycles. The molecule has 2 unspecified atom stereocenters. The number of hydrogen-bond acceptors (Lipinski definition) is 2. The molecule has 3 aromatic rings. The number of para-hydroxylation sites is 1. The summed E-state index contributed by atoms with van der Waals surface area (Å²) in [6, 6.07) is 20.6. The molecule has 2 heteroatoms. The van der Waals surface area contributed by atoms with E-state index in [1.807, 2.05) is 30.5 Å². The fourth-order valence-electron chi connectivity index (χ4n) is 2.52. The molecule has 0 radical (unpaired) electrons. The first-order chi connectivity index (χ1) is 9.75. The van der Waals surface area contributed by atoms with Crippen LogP contribution in [0.4, 0.5) is 0 Å². The molecule has 0 bridgehead atoms. The zero-order valence-electron chi connectivity index (χ0n) is 11.5. The third-order valence-electron chi connectivity index (χ3n) is 3.86. The molecule has 3 rings (SSSR count). The summed E-state index contributed by atoms with van der Waals surface area (Å²) >= 11 is 0. The lowest BCUT2D eigenvalue weighted by molar-refractivity contribution is 0.597. The minimum Gasteiger partial charge on any atom is -0.323 e. The highest BCUT2D eigenvalue weighted by Crippen LogP contribution is 2.29. The Morgan fingerprint density at radius 3 is 2.40 bits per heavy atom. The van der Waals surface area contributed by atoms with Crippen molar-refractivity contribution in [1.29, 1.82) is 0 Å². The highest BCUT2D eigenvalue weighted by molar-refractivity contribution is 5.78. The van der Waals surface area contributed by atoms with Gasteiger partial charge in [0, 0.05) is 23.5 Å². The molecule has 0 aliphatic heterocycles. The maximum absolute atomic E-state index is 6.42. The zero-order chi connectivity index (χ0) is 13.9. The quantitative estimate of drug-likeness (QED) is 0.773. The SMILES string of the molecule is CC(c1ccccc1)C(N)c1cnc2ccccc2c1. The van der Waals surface area contributed by atoms with Gasteiger partial charge in [0.25, 0.3) is 0 Å². The first-order valence-corrected chi connectivity index (χ1v) is 6.91. The second-order valence-electron chi connectivity index (χ2n) is 5.19. The molecule has 100 valence electrons. The van der Waals surface area contributed by atoms with Gasteiger partial charge in [-0.1, -0.05) is 55.5 Å². The Labute approximate surface area is 119 Å². The van der Waals surface area contributed by atoms with E-state index in [0.29, 0.717) is 0 Å². The summed E-state index contributed by atoms with van der Waals surface area (Å²) in [4.78, 5) is 4.50. The molecule has 0 amide bonds. The summed E-state index contributed by atoms with van der Waals surface area (Å²) < 4.78 is 0. The molecular weight excluding hydrogens is 244 g/mol. The van der Waals surface area contributed by atoms with Gasteiger partial charge in [-0.15, -0.1) is 0 Å². The Hall–Kier alpha value is -2.19. The van der Waals surface area contributed by atoms with E-state index >= 15 is 0 Å². The maximum Gasteiger partial charge on any atom is 0.0702 e. The van der Waals surface area contributed by atoms with Crippen LogP contribution >= 0.6 is 0 Å².